The van der Waals surface area contributed by atoms with Gasteiger partial charge in [-0.15, -0.1) is 0 Å². The quantitative estimate of drug-likeness (QED) is 0.566. The van der Waals surface area contributed by atoms with E-state index in [1.807, 2.05) is 0 Å². The number of carbonyl (C=O) groups is 2. The fourth-order valence-corrected chi connectivity index (χ4v) is 0.384. The first-order valence-electron chi connectivity index (χ1n) is 3.50. The molecule has 0 rings (SSSR count). The van der Waals surface area contributed by atoms with E-state index in [0.29, 0.717) is 0 Å². The van der Waals surface area contributed by atoms with E-state index in [2.05, 4.69) is 4.74 Å². The molecule has 0 amide bonds. The van der Waals surface area contributed by atoms with Crippen molar-refractivity contribution in [3.05, 3.63) is 0 Å². The summed E-state index contributed by atoms with van der Waals surface area (Å²) in [5.74, 6) is -0.477. The Hall–Kier alpha value is -0.860. The van der Waals surface area contributed by atoms with Crippen LogP contribution in [0.2, 0.25) is 0 Å². The van der Waals surface area contributed by atoms with Gasteiger partial charge in [0, 0.05) is 0 Å². The Kier molecular flexibility index (Phi) is 3.23. The van der Waals surface area contributed by atoms with Gasteiger partial charge in [0.05, 0.1) is 5.41 Å². The maximum atomic E-state index is 11.0. The van der Waals surface area contributed by atoms with Gasteiger partial charge in [-0.05, 0) is 27.7 Å². The third-order valence-corrected chi connectivity index (χ3v) is 1.02. The summed E-state index contributed by atoms with van der Waals surface area (Å²) in [5, 5.41) is 0. The summed E-state index contributed by atoms with van der Waals surface area (Å²) >= 11 is 0. The molecule has 0 saturated carbocycles. The highest BCUT2D eigenvalue weighted by Crippen LogP contribution is 2.14. The van der Waals surface area contributed by atoms with E-state index in [-0.39, 0.29) is 18.4 Å². The number of hydrogen-bond donors (Lipinski definition) is 0. The lowest BCUT2D eigenvalue weighted by atomic mass is 9.97. The van der Waals surface area contributed by atoms with Crippen LogP contribution >= 0.6 is 0 Å². The second-order valence-electron chi connectivity index (χ2n) is 3.53. The van der Waals surface area contributed by atoms with Crippen molar-refractivity contribution in [1.82, 2.24) is 0 Å². The molecule has 0 heterocycles. The number of hydrogen-bond acceptors (Lipinski definition) is 3. The van der Waals surface area contributed by atoms with Gasteiger partial charge in [-0.2, -0.15) is 0 Å². The standard InChI is InChI=1S/C8H14O3/c1-6(9)5-11-7(10)8(2,3)4/h5H2,1-4H3. The van der Waals surface area contributed by atoms with E-state index in [1.54, 1.807) is 20.8 Å². The molecule has 0 bridgehead atoms. The first kappa shape index (κ1) is 10.1. The van der Waals surface area contributed by atoms with Gasteiger partial charge in [0.15, 0.2) is 5.78 Å². The first-order valence-corrected chi connectivity index (χ1v) is 3.50. The number of ketones is 1. The molecule has 0 spiro atoms. The molecule has 0 aliphatic carbocycles. The van der Waals surface area contributed by atoms with Crippen LogP contribution in [0.5, 0.6) is 0 Å². The lowest BCUT2D eigenvalue weighted by Crippen LogP contribution is -2.24. The minimum Gasteiger partial charge on any atom is -0.457 e. The Morgan fingerprint density at radius 2 is 1.73 bits per heavy atom. The van der Waals surface area contributed by atoms with E-state index in [4.69, 9.17) is 0 Å². The van der Waals surface area contributed by atoms with Crippen molar-refractivity contribution < 1.29 is 14.3 Å². The minimum absolute atomic E-state index is 0.115. The third-order valence-electron chi connectivity index (χ3n) is 1.02. The summed E-state index contributed by atoms with van der Waals surface area (Å²) in [6.07, 6.45) is 0. The van der Waals surface area contributed by atoms with E-state index < -0.39 is 5.41 Å². The van der Waals surface area contributed by atoms with Gasteiger partial charge >= 0.3 is 5.97 Å². The van der Waals surface area contributed by atoms with Gasteiger partial charge < -0.3 is 4.74 Å². The Morgan fingerprint density at radius 3 is 2.00 bits per heavy atom. The van der Waals surface area contributed by atoms with Crippen LogP contribution < -0.4 is 0 Å². The Labute approximate surface area is 66.7 Å². The maximum Gasteiger partial charge on any atom is 0.311 e. The Bertz CT molecular complexity index is 165. The lowest BCUT2D eigenvalue weighted by Gasteiger charge is -2.15. The molecule has 0 radical (unpaired) electrons. The molecule has 3 nitrogen and oxygen atoms in total. The van der Waals surface area contributed by atoms with Crippen molar-refractivity contribution in [2.45, 2.75) is 27.7 Å². The van der Waals surface area contributed by atoms with Crippen molar-refractivity contribution in [2.24, 2.45) is 5.41 Å². The normalized spacial score (nSPS) is 10.9. The van der Waals surface area contributed by atoms with E-state index in [1.165, 1.54) is 6.92 Å². The molecule has 0 N–H and O–H groups in total. The van der Waals surface area contributed by atoms with Crippen molar-refractivity contribution in [2.75, 3.05) is 6.61 Å². The van der Waals surface area contributed by atoms with E-state index in [9.17, 15) is 9.59 Å². The molecule has 0 aliphatic rings. The molecule has 0 aromatic rings. The van der Waals surface area contributed by atoms with Gasteiger partial charge in [-0.3, -0.25) is 9.59 Å². The first-order chi connectivity index (χ1) is 4.84. The molecule has 0 fully saturated rings. The summed E-state index contributed by atoms with van der Waals surface area (Å²) in [6, 6.07) is 0. The predicted octanol–water partition coefficient (Wildman–Crippen LogP) is 1.16. The minimum atomic E-state index is -0.518. The number of esters is 1. The SMILES string of the molecule is CC(=O)COC(=O)C(C)(C)C. The average Bonchev–Trinajstić information content (AvgIpc) is 1.80. The van der Waals surface area contributed by atoms with Crippen molar-refractivity contribution >= 4 is 11.8 Å². The molecular formula is C8H14O3. The highest BCUT2D eigenvalue weighted by Gasteiger charge is 2.22. The van der Waals surface area contributed by atoms with E-state index in [0.717, 1.165) is 0 Å². The Morgan fingerprint density at radius 1 is 1.27 bits per heavy atom. The van der Waals surface area contributed by atoms with Crippen LogP contribution in [0.4, 0.5) is 0 Å². The maximum absolute atomic E-state index is 11.0. The fourth-order valence-electron chi connectivity index (χ4n) is 0.384. The second-order valence-corrected chi connectivity index (χ2v) is 3.53. The highest BCUT2D eigenvalue weighted by molar-refractivity contribution is 5.81. The molecule has 0 aliphatic heterocycles. The molecule has 0 unspecified atom stereocenters. The Balaban J connectivity index is 3.80. The van der Waals surface area contributed by atoms with Crippen molar-refractivity contribution in [3.63, 3.8) is 0 Å². The predicted molar refractivity (Wildman–Crippen MR) is 41.1 cm³/mol. The monoisotopic (exact) mass is 158 g/mol. The van der Waals surface area contributed by atoms with Gasteiger partial charge in [0.25, 0.3) is 0 Å². The molecule has 11 heavy (non-hydrogen) atoms. The number of ether oxygens (including phenoxy) is 1. The summed E-state index contributed by atoms with van der Waals surface area (Å²) in [5.41, 5.74) is -0.518. The lowest BCUT2D eigenvalue weighted by molar-refractivity contribution is -0.155. The zero-order valence-electron chi connectivity index (χ0n) is 7.43. The van der Waals surface area contributed by atoms with Crippen LogP contribution in [0.3, 0.4) is 0 Å². The summed E-state index contributed by atoms with van der Waals surface area (Å²) < 4.78 is 4.68. The molecule has 64 valence electrons. The number of rotatable bonds is 2. The molecular weight excluding hydrogens is 144 g/mol. The van der Waals surface area contributed by atoms with Crippen molar-refractivity contribution in [3.8, 4) is 0 Å². The van der Waals surface area contributed by atoms with Crippen LogP contribution in [0.1, 0.15) is 27.7 Å². The average molecular weight is 158 g/mol. The molecule has 0 saturated heterocycles. The zero-order chi connectivity index (χ0) is 9.07. The molecule has 0 aromatic carbocycles. The van der Waals surface area contributed by atoms with Crippen LogP contribution in [0.25, 0.3) is 0 Å². The summed E-state index contributed by atoms with van der Waals surface area (Å²) in [7, 11) is 0. The second kappa shape index (κ2) is 3.51. The topological polar surface area (TPSA) is 43.4 Å². The van der Waals surface area contributed by atoms with Crippen LogP contribution in [-0.2, 0) is 14.3 Å². The zero-order valence-corrected chi connectivity index (χ0v) is 7.43. The van der Waals surface area contributed by atoms with Crippen LogP contribution in [0.15, 0.2) is 0 Å². The smallest absolute Gasteiger partial charge is 0.311 e. The van der Waals surface area contributed by atoms with Crippen LogP contribution in [-0.4, -0.2) is 18.4 Å². The molecule has 0 atom stereocenters. The summed E-state index contributed by atoms with van der Waals surface area (Å²) in [6.45, 7) is 6.51. The van der Waals surface area contributed by atoms with Gasteiger partial charge in [-0.25, -0.2) is 0 Å². The fraction of sp³-hybridized carbons (Fsp3) is 0.750. The van der Waals surface area contributed by atoms with Gasteiger partial charge in [0.2, 0.25) is 0 Å². The van der Waals surface area contributed by atoms with E-state index >= 15 is 0 Å². The number of Topliss-reactive ketones (excluding diaryl/α,β-unsaturated/α-hetero) is 1. The summed E-state index contributed by atoms with van der Waals surface area (Å²) in [4.78, 5) is 21.4. The van der Waals surface area contributed by atoms with Gasteiger partial charge in [0.1, 0.15) is 6.61 Å². The number of carbonyl (C=O) groups excluding carboxylic acids is 2. The van der Waals surface area contributed by atoms with Crippen LogP contribution in [0, 0.1) is 5.41 Å². The molecule has 3 heteroatoms. The highest BCUT2D eigenvalue weighted by atomic mass is 16.5. The third kappa shape index (κ3) is 4.53. The van der Waals surface area contributed by atoms with Gasteiger partial charge in [-0.1, -0.05) is 0 Å². The van der Waals surface area contributed by atoms with Crippen molar-refractivity contribution in [1.29, 1.82) is 0 Å². The molecule has 0 aromatic heterocycles. The largest absolute Gasteiger partial charge is 0.457 e.